The monoisotopic (exact) mass is 335 g/mol. The third-order valence-corrected chi connectivity index (χ3v) is 3.47. The lowest BCUT2D eigenvalue weighted by Gasteiger charge is -2.11. The van der Waals surface area contributed by atoms with Crippen molar-refractivity contribution in [2.24, 2.45) is 0 Å². The lowest BCUT2D eigenvalue weighted by molar-refractivity contribution is -0.137. The lowest BCUT2D eigenvalue weighted by Crippen LogP contribution is -2.10. The molecule has 0 unspecified atom stereocenters. The van der Waals surface area contributed by atoms with Crippen molar-refractivity contribution >= 4 is 29.2 Å². The van der Waals surface area contributed by atoms with Gasteiger partial charge in [0, 0.05) is 11.8 Å². The first kappa shape index (κ1) is 15.6. The SMILES string of the molecule is O=C(O)c1cc(C(F)(F)F)cnc1-c1cccc(Cl)c1Cl. The minimum atomic E-state index is -4.69. The zero-order chi connectivity index (χ0) is 15.8. The van der Waals surface area contributed by atoms with Crippen LogP contribution in [0.2, 0.25) is 10.0 Å². The van der Waals surface area contributed by atoms with Gasteiger partial charge in [0.05, 0.1) is 26.9 Å². The molecule has 1 heterocycles. The first-order valence-corrected chi connectivity index (χ1v) is 6.22. The summed E-state index contributed by atoms with van der Waals surface area (Å²) in [6.07, 6.45) is -4.13. The highest BCUT2D eigenvalue weighted by Gasteiger charge is 2.33. The van der Waals surface area contributed by atoms with Crippen LogP contribution in [0.1, 0.15) is 15.9 Å². The molecule has 8 heteroatoms. The number of pyridine rings is 1. The predicted molar refractivity (Wildman–Crippen MR) is 71.7 cm³/mol. The largest absolute Gasteiger partial charge is 0.478 e. The Labute approximate surface area is 126 Å². The third kappa shape index (κ3) is 3.11. The summed E-state index contributed by atoms with van der Waals surface area (Å²) >= 11 is 11.8. The van der Waals surface area contributed by atoms with Crippen LogP contribution in [0, 0.1) is 0 Å². The van der Waals surface area contributed by atoms with Crippen molar-refractivity contribution in [2.75, 3.05) is 0 Å². The number of hydrogen-bond donors (Lipinski definition) is 1. The van der Waals surface area contributed by atoms with Gasteiger partial charge in [-0.25, -0.2) is 4.79 Å². The molecule has 0 aliphatic heterocycles. The Morgan fingerprint density at radius 1 is 1.24 bits per heavy atom. The van der Waals surface area contributed by atoms with Crippen LogP contribution in [-0.4, -0.2) is 16.1 Å². The van der Waals surface area contributed by atoms with Gasteiger partial charge in [-0.2, -0.15) is 13.2 Å². The molecule has 0 amide bonds. The van der Waals surface area contributed by atoms with E-state index < -0.39 is 23.3 Å². The van der Waals surface area contributed by atoms with E-state index in [0.29, 0.717) is 12.3 Å². The molecular weight excluding hydrogens is 330 g/mol. The van der Waals surface area contributed by atoms with Crippen LogP contribution in [0.15, 0.2) is 30.5 Å². The van der Waals surface area contributed by atoms with E-state index in [1.807, 2.05) is 0 Å². The van der Waals surface area contributed by atoms with E-state index in [1.165, 1.54) is 18.2 Å². The summed E-state index contributed by atoms with van der Waals surface area (Å²) in [5, 5.41) is 9.26. The molecule has 2 aromatic rings. The van der Waals surface area contributed by atoms with Crippen LogP contribution in [0.5, 0.6) is 0 Å². The summed E-state index contributed by atoms with van der Waals surface area (Å²) in [6.45, 7) is 0. The molecular formula is C13H6Cl2F3NO2. The summed E-state index contributed by atoms with van der Waals surface area (Å²) in [7, 11) is 0. The van der Waals surface area contributed by atoms with Crippen LogP contribution in [-0.2, 0) is 6.18 Å². The van der Waals surface area contributed by atoms with Crippen molar-refractivity contribution in [3.8, 4) is 11.3 Å². The number of benzene rings is 1. The number of nitrogens with zero attached hydrogens (tertiary/aromatic N) is 1. The zero-order valence-corrected chi connectivity index (χ0v) is 11.6. The average Bonchev–Trinajstić information content (AvgIpc) is 2.40. The van der Waals surface area contributed by atoms with E-state index in [9.17, 15) is 18.0 Å². The predicted octanol–water partition coefficient (Wildman–Crippen LogP) is 4.77. The van der Waals surface area contributed by atoms with Crippen LogP contribution in [0.25, 0.3) is 11.3 Å². The molecule has 2 rings (SSSR count). The van der Waals surface area contributed by atoms with Crippen molar-refractivity contribution in [1.29, 1.82) is 0 Å². The van der Waals surface area contributed by atoms with Gasteiger partial charge in [-0.3, -0.25) is 4.98 Å². The van der Waals surface area contributed by atoms with Gasteiger partial charge in [-0.15, -0.1) is 0 Å². The van der Waals surface area contributed by atoms with Gasteiger partial charge in [-0.1, -0.05) is 35.3 Å². The molecule has 21 heavy (non-hydrogen) atoms. The highest BCUT2D eigenvalue weighted by atomic mass is 35.5. The first-order valence-electron chi connectivity index (χ1n) is 5.46. The molecule has 0 saturated carbocycles. The molecule has 0 saturated heterocycles. The molecule has 3 nitrogen and oxygen atoms in total. The number of aromatic nitrogens is 1. The molecule has 0 radical (unpaired) electrons. The second-order valence-electron chi connectivity index (χ2n) is 4.02. The highest BCUT2D eigenvalue weighted by Crippen LogP contribution is 2.36. The van der Waals surface area contributed by atoms with Crippen molar-refractivity contribution < 1.29 is 23.1 Å². The number of aromatic carboxylic acids is 1. The summed E-state index contributed by atoms with van der Waals surface area (Å²) in [5.41, 5.74) is -1.78. The van der Waals surface area contributed by atoms with Crippen LogP contribution in [0.3, 0.4) is 0 Å². The van der Waals surface area contributed by atoms with Crippen molar-refractivity contribution in [1.82, 2.24) is 4.98 Å². The van der Waals surface area contributed by atoms with Crippen LogP contribution in [0.4, 0.5) is 13.2 Å². The van der Waals surface area contributed by atoms with Crippen LogP contribution >= 0.6 is 23.2 Å². The fraction of sp³-hybridized carbons (Fsp3) is 0.0769. The molecule has 0 spiro atoms. The van der Waals surface area contributed by atoms with E-state index in [0.717, 1.165) is 0 Å². The summed E-state index contributed by atoms with van der Waals surface area (Å²) in [5.74, 6) is -1.54. The van der Waals surface area contributed by atoms with Crippen molar-refractivity contribution in [3.05, 3.63) is 51.6 Å². The van der Waals surface area contributed by atoms with E-state index in [1.54, 1.807) is 0 Å². The van der Waals surface area contributed by atoms with Gasteiger partial charge < -0.3 is 5.11 Å². The van der Waals surface area contributed by atoms with E-state index in [4.69, 9.17) is 28.3 Å². The van der Waals surface area contributed by atoms with E-state index in [-0.39, 0.29) is 21.3 Å². The molecule has 1 N–H and O–H groups in total. The van der Waals surface area contributed by atoms with Gasteiger partial charge in [0.25, 0.3) is 0 Å². The smallest absolute Gasteiger partial charge is 0.417 e. The molecule has 0 aliphatic rings. The first-order chi connectivity index (χ1) is 9.71. The molecule has 1 aromatic carbocycles. The number of carboxylic acids is 1. The fourth-order valence-corrected chi connectivity index (χ4v) is 2.07. The minimum absolute atomic E-state index is 0.0222. The maximum absolute atomic E-state index is 12.6. The fourth-order valence-electron chi connectivity index (χ4n) is 1.68. The summed E-state index contributed by atoms with van der Waals surface area (Å²) < 4.78 is 37.9. The van der Waals surface area contributed by atoms with Gasteiger partial charge >= 0.3 is 12.1 Å². The maximum atomic E-state index is 12.6. The second-order valence-corrected chi connectivity index (χ2v) is 4.81. The number of halogens is 5. The Morgan fingerprint density at radius 2 is 1.90 bits per heavy atom. The van der Waals surface area contributed by atoms with E-state index in [2.05, 4.69) is 4.98 Å². The Morgan fingerprint density at radius 3 is 2.48 bits per heavy atom. The quantitative estimate of drug-likeness (QED) is 0.859. The molecule has 0 fully saturated rings. The van der Waals surface area contributed by atoms with Gasteiger partial charge in [0.2, 0.25) is 0 Å². The minimum Gasteiger partial charge on any atom is -0.478 e. The zero-order valence-electron chi connectivity index (χ0n) is 10.1. The molecule has 110 valence electrons. The summed E-state index contributed by atoms with van der Waals surface area (Å²) in [4.78, 5) is 14.8. The topological polar surface area (TPSA) is 50.2 Å². The normalized spacial score (nSPS) is 11.5. The number of carbonyl (C=O) groups is 1. The molecule has 0 bridgehead atoms. The van der Waals surface area contributed by atoms with E-state index >= 15 is 0 Å². The number of hydrogen-bond acceptors (Lipinski definition) is 2. The standard InChI is InChI=1S/C13H6Cl2F3NO2/c14-9-3-1-2-7(10(9)15)11-8(12(20)21)4-6(5-19-11)13(16,17)18/h1-5H,(H,20,21). The van der Waals surface area contributed by atoms with Crippen molar-refractivity contribution in [2.45, 2.75) is 6.18 Å². The second kappa shape index (κ2) is 5.54. The van der Waals surface area contributed by atoms with Gasteiger partial charge in [0.15, 0.2) is 0 Å². The molecule has 0 aliphatic carbocycles. The van der Waals surface area contributed by atoms with Crippen LogP contribution < -0.4 is 0 Å². The Bertz CT molecular complexity index is 717. The highest BCUT2D eigenvalue weighted by molar-refractivity contribution is 6.43. The molecule has 1 aromatic heterocycles. The van der Waals surface area contributed by atoms with Gasteiger partial charge in [-0.05, 0) is 12.1 Å². The van der Waals surface area contributed by atoms with Gasteiger partial charge in [0.1, 0.15) is 0 Å². The molecule has 0 atom stereocenters. The Hall–Kier alpha value is -1.79. The lowest BCUT2D eigenvalue weighted by atomic mass is 10.0. The average molecular weight is 336 g/mol. The number of alkyl halides is 3. The third-order valence-electron chi connectivity index (χ3n) is 2.65. The Balaban J connectivity index is 2.70. The maximum Gasteiger partial charge on any atom is 0.417 e. The number of carboxylic acid groups (broad SMARTS) is 1. The summed E-state index contributed by atoms with van der Waals surface area (Å²) in [6, 6.07) is 4.91. The van der Waals surface area contributed by atoms with Crippen molar-refractivity contribution in [3.63, 3.8) is 0 Å². The Kier molecular flexibility index (Phi) is 4.11. The number of rotatable bonds is 2.